The van der Waals surface area contributed by atoms with Crippen molar-refractivity contribution in [1.29, 1.82) is 0 Å². The molecule has 0 bridgehead atoms. The first-order valence-electron chi connectivity index (χ1n) is 14.9. The topological polar surface area (TPSA) is 107 Å². The van der Waals surface area contributed by atoms with Crippen molar-refractivity contribution in [3.8, 4) is 11.5 Å². The normalized spacial score (nSPS) is 15.6. The van der Waals surface area contributed by atoms with Gasteiger partial charge in [-0.15, -0.1) is 0 Å². The molecule has 0 spiro atoms. The van der Waals surface area contributed by atoms with Gasteiger partial charge < -0.3 is 24.8 Å². The van der Waals surface area contributed by atoms with Gasteiger partial charge in [-0.1, -0.05) is 39.3 Å². The maximum absolute atomic E-state index is 13.0. The first kappa shape index (κ1) is 30.0. The number of anilines is 3. The van der Waals surface area contributed by atoms with Gasteiger partial charge in [0.05, 0.1) is 30.1 Å². The van der Waals surface area contributed by atoms with Gasteiger partial charge >= 0.3 is 0 Å². The average Bonchev–Trinajstić information content (AvgIpc) is 3.53. The molecule has 1 saturated heterocycles. The lowest BCUT2D eigenvalue weighted by atomic mass is 9.90. The van der Waals surface area contributed by atoms with E-state index in [-0.39, 0.29) is 12.0 Å². The highest BCUT2D eigenvalue weighted by atomic mass is 16.5. The molecular formula is C34H39N5O4. The summed E-state index contributed by atoms with van der Waals surface area (Å²) in [5.41, 5.74) is 2.94. The number of pyridine rings is 1. The Balaban J connectivity index is 1.34. The lowest BCUT2D eigenvalue weighted by Gasteiger charge is -2.18. The second-order valence-corrected chi connectivity index (χ2v) is 11.0. The Morgan fingerprint density at radius 3 is 2.70 bits per heavy atom. The van der Waals surface area contributed by atoms with Crippen LogP contribution >= 0.6 is 0 Å². The van der Waals surface area contributed by atoms with E-state index >= 15 is 0 Å². The van der Waals surface area contributed by atoms with E-state index in [2.05, 4.69) is 46.4 Å². The van der Waals surface area contributed by atoms with E-state index in [0.717, 1.165) is 41.8 Å². The standard InChI is InChI=1S/C34H39N5O4/c1-4-24(23(2)3)8-7-10-33(40)39-31-18-29-30(19-32(31)43-28-15-17-41-21-28)36-22-37-34(29)38-25-11-13-27(14-12-25)42-20-26-9-5-6-16-35-26/h5-7,9-14,16,18-19,22-24,28H,4,8,15,17,20-21H2,1-3H3,(H,39,40)(H,36,37,38). The van der Waals surface area contributed by atoms with Gasteiger partial charge in [-0.05, 0) is 66.8 Å². The predicted molar refractivity (Wildman–Crippen MR) is 169 cm³/mol. The highest BCUT2D eigenvalue weighted by Gasteiger charge is 2.21. The van der Waals surface area contributed by atoms with Crippen molar-refractivity contribution in [2.45, 2.75) is 52.7 Å². The number of nitrogens with zero attached hydrogens (tertiary/aromatic N) is 3. The minimum Gasteiger partial charge on any atom is -0.487 e. The molecule has 43 heavy (non-hydrogen) atoms. The fraction of sp³-hybridized carbons (Fsp3) is 0.353. The number of benzene rings is 2. The highest BCUT2D eigenvalue weighted by Crippen LogP contribution is 2.35. The molecule has 2 aromatic carbocycles. The van der Waals surface area contributed by atoms with Crippen molar-refractivity contribution in [2.24, 2.45) is 11.8 Å². The maximum Gasteiger partial charge on any atom is 0.248 e. The molecule has 224 valence electrons. The summed E-state index contributed by atoms with van der Waals surface area (Å²) >= 11 is 0. The highest BCUT2D eigenvalue weighted by molar-refractivity contribution is 6.03. The number of allylic oxidation sites excluding steroid dienone is 1. The molecule has 2 atom stereocenters. The molecule has 2 aromatic heterocycles. The van der Waals surface area contributed by atoms with Crippen molar-refractivity contribution in [3.63, 3.8) is 0 Å². The summed E-state index contributed by atoms with van der Waals surface area (Å²) in [5.74, 6) is 2.79. The third-order valence-electron chi connectivity index (χ3n) is 7.58. The second kappa shape index (κ2) is 14.6. The SMILES string of the molecule is CCC(CC=CC(=O)Nc1cc2c(Nc3ccc(OCc4ccccn4)cc3)ncnc2cc1OC1CCOC1)C(C)C. The number of hydrogen-bond acceptors (Lipinski definition) is 8. The van der Waals surface area contributed by atoms with Gasteiger partial charge in [0.1, 0.15) is 36.4 Å². The Hall–Kier alpha value is -4.50. The summed E-state index contributed by atoms with van der Waals surface area (Å²) in [6.45, 7) is 8.17. The summed E-state index contributed by atoms with van der Waals surface area (Å²) < 4.78 is 17.6. The first-order valence-corrected chi connectivity index (χ1v) is 14.9. The molecule has 1 aliphatic rings. The maximum atomic E-state index is 13.0. The fourth-order valence-corrected chi connectivity index (χ4v) is 5.01. The van der Waals surface area contributed by atoms with Crippen LogP contribution in [0.5, 0.6) is 11.5 Å². The number of ether oxygens (including phenoxy) is 3. The van der Waals surface area contributed by atoms with Crippen molar-refractivity contribution in [3.05, 3.63) is 85.0 Å². The molecule has 1 fully saturated rings. The van der Waals surface area contributed by atoms with Gasteiger partial charge in [-0.25, -0.2) is 9.97 Å². The van der Waals surface area contributed by atoms with Crippen LogP contribution in [0.25, 0.3) is 10.9 Å². The molecule has 2 N–H and O–H groups in total. The number of aromatic nitrogens is 3. The van der Waals surface area contributed by atoms with Crippen LogP contribution < -0.4 is 20.1 Å². The zero-order valence-corrected chi connectivity index (χ0v) is 25.0. The van der Waals surface area contributed by atoms with E-state index in [1.165, 1.54) is 6.33 Å². The van der Waals surface area contributed by atoms with Crippen LogP contribution in [0.1, 0.15) is 45.7 Å². The molecule has 0 radical (unpaired) electrons. The van der Waals surface area contributed by atoms with Gasteiger partial charge in [0, 0.05) is 29.8 Å². The van der Waals surface area contributed by atoms with Crippen LogP contribution in [0.3, 0.4) is 0 Å². The molecular weight excluding hydrogens is 542 g/mol. The Labute approximate surface area is 252 Å². The number of hydrogen-bond donors (Lipinski definition) is 2. The Morgan fingerprint density at radius 1 is 1.12 bits per heavy atom. The van der Waals surface area contributed by atoms with Crippen LogP contribution in [-0.2, 0) is 16.1 Å². The fourth-order valence-electron chi connectivity index (χ4n) is 5.01. The van der Waals surface area contributed by atoms with Crippen molar-refractivity contribution in [2.75, 3.05) is 23.8 Å². The average molecular weight is 582 g/mol. The summed E-state index contributed by atoms with van der Waals surface area (Å²) in [4.78, 5) is 26.3. The van der Waals surface area contributed by atoms with Crippen LogP contribution in [0.2, 0.25) is 0 Å². The zero-order valence-electron chi connectivity index (χ0n) is 25.0. The third-order valence-corrected chi connectivity index (χ3v) is 7.58. The molecule has 1 aliphatic heterocycles. The van der Waals surface area contributed by atoms with E-state index in [1.54, 1.807) is 12.3 Å². The minimum atomic E-state index is -0.210. The van der Waals surface area contributed by atoms with Crippen LogP contribution in [0, 0.1) is 11.8 Å². The quantitative estimate of drug-likeness (QED) is 0.161. The van der Waals surface area contributed by atoms with E-state index < -0.39 is 0 Å². The van der Waals surface area contributed by atoms with Crippen LogP contribution in [0.4, 0.5) is 17.2 Å². The molecule has 2 unspecified atom stereocenters. The number of carbonyl (C=O) groups is 1. The Morgan fingerprint density at radius 2 is 1.98 bits per heavy atom. The molecule has 9 nitrogen and oxygen atoms in total. The molecule has 4 aromatic rings. The van der Waals surface area contributed by atoms with Crippen LogP contribution in [0.15, 0.2) is 79.3 Å². The van der Waals surface area contributed by atoms with E-state index in [9.17, 15) is 4.79 Å². The summed E-state index contributed by atoms with van der Waals surface area (Å²) in [6.07, 6.45) is 9.46. The number of rotatable bonds is 13. The molecule has 0 saturated carbocycles. The number of amides is 1. The van der Waals surface area contributed by atoms with E-state index in [1.807, 2.05) is 60.7 Å². The smallest absolute Gasteiger partial charge is 0.248 e. The third kappa shape index (κ3) is 8.29. The van der Waals surface area contributed by atoms with Gasteiger partial charge in [0.25, 0.3) is 0 Å². The number of fused-ring (bicyclic) bond motifs is 1. The Bertz CT molecular complexity index is 1520. The van der Waals surface area contributed by atoms with Crippen molar-refractivity contribution in [1.82, 2.24) is 15.0 Å². The van der Waals surface area contributed by atoms with Crippen molar-refractivity contribution < 1.29 is 19.0 Å². The van der Waals surface area contributed by atoms with Gasteiger partial charge in [0.2, 0.25) is 5.91 Å². The predicted octanol–water partition coefficient (Wildman–Crippen LogP) is 7.08. The molecule has 0 aliphatic carbocycles. The van der Waals surface area contributed by atoms with Crippen LogP contribution in [-0.4, -0.2) is 40.2 Å². The van der Waals surface area contributed by atoms with Crippen molar-refractivity contribution >= 4 is 34.0 Å². The molecule has 9 heteroatoms. The van der Waals surface area contributed by atoms with Gasteiger partial charge in [-0.3, -0.25) is 9.78 Å². The van der Waals surface area contributed by atoms with E-state index in [4.69, 9.17) is 14.2 Å². The minimum absolute atomic E-state index is 0.0853. The monoisotopic (exact) mass is 581 g/mol. The molecule has 1 amide bonds. The Kier molecular flexibility index (Phi) is 10.2. The summed E-state index contributed by atoms with van der Waals surface area (Å²) in [6, 6.07) is 17.1. The number of nitrogens with one attached hydrogen (secondary N) is 2. The van der Waals surface area contributed by atoms with Gasteiger partial charge in [-0.2, -0.15) is 0 Å². The number of carbonyl (C=O) groups excluding carboxylic acids is 1. The molecule has 3 heterocycles. The molecule has 5 rings (SSSR count). The zero-order chi connectivity index (χ0) is 30.0. The lowest BCUT2D eigenvalue weighted by molar-refractivity contribution is -0.111. The second-order valence-electron chi connectivity index (χ2n) is 11.0. The largest absolute Gasteiger partial charge is 0.487 e. The first-order chi connectivity index (χ1) is 21.0. The van der Waals surface area contributed by atoms with Gasteiger partial charge in [0.15, 0.2) is 0 Å². The lowest BCUT2D eigenvalue weighted by Crippen LogP contribution is -2.18. The summed E-state index contributed by atoms with van der Waals surface area (Å²) in [5, 5.41) is 7.15. The van der Waals surface area contributed by atoms with E-state index in [0.29, 0.717) is 54.4 Å². The summed E-state index contributed by atoms with van der Waals surface area (Å²) in [7, 11) is 0.